The predicted molar refractivity (Wildman–Crippen MR) is 126 cm³/mol. The third kappa shape index (κ3) is 4.74. The van der Waals surface area contributed by atoms with Crippen molar-refractivity contribution in [2.75, 3.05) is 7.11 Å². The van der Waals surface area contributed by atoms with Crippen LogP contribution in [0.3, 0.4) is 0 Å². The number of carbonyl (C=O) groups excluding carboxylic acids is 1. The first-order chi connectivity index (χ1) is 14.7. The molecule has 0 aliphatic rings. The minimum absolute atomic E-state index is 0.139. The van der Waals surface area contributed by atoms with Gasteiger partial charge in [0.1, 0.15) is 6.61 Å². The molecule has 30 heavy (non-hydrogen) atoms. The number of hydrogen-bond acceptors (Lipinski definition) is 3. The predicted octanol–water partition coefficient (Wildman–Crippen LogP) is 6.11. The molecule has 156 valence electrons. The van der Waals surface area contributed by atoms with E-state index in [4.69, 9.17) is 9.47 Å². The summed E-state index contributed by atoms with van der Waals surface area (Å²) in [4.78, 5) is 11.6. The van der Waals surface area contributed by atoms with Crippen LogP contribution in [0.15, 0.2) is 72.8 Å². The summed E-state index contributed by atoms with van der Waals surface area (Å²) in [5, 5.41) is 0.952. The van der Waals surface area contributed by atoms with Crippen molar-refractivity contribution < 1.29 is 14.3 Å². The fourth-order valence-corrected chi connectivity index (χ4v) is 5.45. The molecule has 0 fully saturated rings. The van der Waals surface area contributed by atoms with Gasteiger partial charge in [-0.1, -0.05) is 89.2 Å². The van der Waals surface area contributed by atoms with E-state index in [-0.39, 0.29) is 5.16 Å². The third-order valence-corrected chi connectivity index (χ3v) is 7.79. The van der Waals surface area contributed by atoms with Crippen molar-refractivity contribution in [2.24, 2.45) is 0 Å². The first-order valence-electron chi connectivity index (χ1n) is 10.3. The van der Waals surface area contributed by atoms with Gasteiger partial charge < -0.3 is 9.47 Å². The van der Waals surface area contributed by atoms with Crippen LogP contribution in [-0.2, 0) is 11.8 Å². The number of aldehydes is 1. The molecule has 0 amide bonds. The molecule has 0 aliphatic heterocycles. The number of para-hydroxylation sites is 1. The Bertz CT molecular complexity index is 965. The van der Waals surface area contributed by atoms with Crippen molar-refractivity contribution in [3.8, 4) is 11.5 Å². The van der Waals surface area contributed by atoms with Gasteiger partial charge in [-0.15, -0.1) is 0 Å². The first kappa shape index (κ1) is 22.1. The Morgan fingerprint density at radius 1 is 0.900 bits per heavy atom. The van der Waals surface area contributed by atoms with Crippen LogP contribution in [0.2, 0.25) is 0 Å². The summed E-state index contributed by atoms with van der Waals surface area (Å²) < 4.78 is 12.0. The van der Waals surface area contributed by atoms with E-state index in [0.717, 1.165) is 52.6 Å². The largest absolute Gasteiger partial charge is 0.493 e. The number of rotatable bonds is 10. The van der Waals surface area contributed by atoms with Crippen LogP contribution in [0.4, 0.5) is 0 Å². The quantitative estimate of drug-likeness (QED) is 0.293. The number of ether oxygens (including phenoxy) is 2. The van der Waals surface area contributed by atoms with Gasteiger partial charge in [-0.3, -0.25) is 4.79 Å². The fourth-order valence-electron chi connectivity index (χ4n) is 3.78. The summed E-state index contributed by atoms with van der Waals surface area (Å²) in [6, 6.07) is 24.1. The monoisotopic (exact) mass is 420 g/mol. The van der Waals surface area contributed by atoms with E-state index in [2.05, 4.69) is 38.1 Å². The van der Waals surface area contributed by atoms with E-state index in [9.17, 15) is 4.79 Å². The first-order valence-corrected chi connectivity index (χ1v) is 11.3. The highest BCUT2D eigenvalue weighted by Crippen LogP contribution is 2.52. The lowest BCUT2D eigenvalue weighted by Crippen LogP contribution is -2.24. The van der Waals surface area contributed by atoms with Crippen LogP contribution in [0, 0.1) is 0 Å². The normalized spacial score (nSPS) is 11.6. The summed E-state index contributed by atoms with van der Waals surface area (Å²) in [6.45, 7) is 4.90. The van der Waals surface area contributed by atoms with Gasteiger partial charge in [0.15, 0.2) is 17.8 Å². The summed E-state index contributed by atoms with van der Waals surface area (Å²) in [5.74, 6) is 1.53. The minimum atomic E-state index is -0.139. The van der Waals surface area contributed by atoms with Gasteiger partial charge >= 0.3 is 0 Å². The molecule has 3 rings (SSSR count). The van der Waals surface area contributed by atoms with Gasteiger partial charge in [-0.25, -0.2) is 0 Å². The lowest BCUT2D eigenvalue weighted by atomic mass is 9.91. The second-order valence-electron chi connectivity index (χ2n) is 7.23. The van der Waals surface area contributed by atoms with Gasteiger partial charge in [0.05, 0.1) is 7.11 Å². The van der Waals surface area contributed by atoms with E-state index >= 15 is 0 Å². The van der Waals surface area contributed by atoms with Gasteiger partial charge in [-0.2, -0.15) is 0 Å². The molecule has 4 heteroatoms. The van der Waals surface area contributed by atoms with Crippen molar-refractivity contribution in [3.63, 3.8) is 0 Å². The van der Waals surface area contributed by atoms with Gasteiger partial charge in [0.25, 0.3) is 0 Å². The highest BCUT2D eigenvalue weighted by molar-refractivity contribution is 7.48. The molecule has 3 aromatic rings. The molecule has 0 N–H and O–H groups in total. The van der Waals surface area contributed by atoms with E-state index in [1.165, 1.54) is 0 Å². The zero-order valence-corrected chi connectivity index (χ0v) is 18.9. The van der Waals surface area contributed by atoms with Crippen molar-refractivity contribution >= 4 is 20.2 Å². The van der Waals surface area contributed by atoms with Crippen LogP contribution < -0.4 is 14.8 Å². The fraction of sp³-hybridized carbons (Fsp3) is 0.269. The van der Waals surface area contributed by atoms with Crippen LogP contribution >= 0.6 is 8.58 Å². The van der Waals surface area contributed by atoms with Crippen molar-refractivity contribution in [1.29, 1.82) is 0 Å². The highest BCUT2D eigenvalue weighted by atomic mass is 31.1. The van der Waals surface area contributed by atoms with Crippen molar-refractivity contribution in [1.82, 2.24) is 0 Å². The van der Waals surface area contributed by atoms with Crippen LogP contribution in [0.1, 0.15) is 48.2 Å². The SMILES string of the molecule is CCC(CC)(Pc1ccccc1C=O)c1cccc(OC)c1OCc1ccccc1. The number of carbonyl (C=O) groups is 1. The molecule has 0 bridgehead atoms. The molecule has 3 nitrogen and oxygen atoms in total. The summed E-state index contributed by atoms with van der Waals surface area (Å²) in [5.41, 5.74) is 3.01. The molecule has 0 radical (unpaired) electrons. The van der Waals surface area contributed by atoms with E-state index < -0.39 is 0 Å². The average Bonchev–Trinajstić information content (AvgIpc) is 2.82. The Balaban J connectivity index is 2.04. The Hall–Kier alpha value is -2.64. The zero-order chi connectivity index (χ0) is 21.4. The average molecular weight is 420 g/mol. The Morgan fingerprint density at radius 3 is 2.27 bits per heavy atom. The highest BCUT2D eigenvalue weighted by Gasteiger charge is 2.34. The van der Waals surface area contributed by atoms with Crippen molar-refractivity contribution in [2.45, 2.75) is 38.5 Å². The minimum Gasteiger partial charge on any atom is -0.493 e. The van der Waals surface area contributed by atoms with Crippen LogP contribution in [0.25, 0.3) is 0 Å². The number of methoxy groups -OCH3 is 1. The second kappa shape index (κ2) is 10.4. The van der Waals surface area contributed by atoms with E-state index in [0.29, 0.717) is 15.2 Å². The lowest BCUT2D eigenvalue weighted by molar-refractivity contribution is 0.112. The molecule has 0 aromatic heterocycles. The maximum Gasteiger partial charge on any atom is 0.165 e. The zero-order valence-electron chi connectivity index (χ0n) is 17.9. The number of hydrogen-bond donors (Lipinski definition) is 0. The topological polar surface area (TPSA) is 35.5 Å². The van der Waals surface area contributed by atoms with E-state index in [1.54, 1.807) is 7.11 Å². The molecule has 0 aliphatic carbocycles. The summed E-state index contributed by atoms with van der Waals surface area (Å²) >= 11 is 0. The lowest BCUT2D eigenvalue weighted by Gasteiger charge is -2.35. The van der Waals surface area contributed by atoms with Gasteiger partial charge in [-0.05, 0) is 29.8 Å². The summed E-state index contributed by atoms with van der Waals surface area (Å²) in [6.07, 6.45) is 2.82. The Labute approximate surface area is 181 Å². The molecule has 0 saturated carbocycles. The Morgan fingerprint density at radius 2 is 1.60 bits per heavy atom. The molecular formula is C26H29O3P. The van der Waals surface area contributed by atoms with Crippen molar-refractivity contribution in [3.05, 3.63) is 89.5 Å². The molecular weight excluding hydrogens is 391 g/mol. The Kier molecular flexibility index (Phi) is 7.65. The maximum atomic E-state index is 11.6. The van der Waals surface area contributed by atoms with Crippen LogP contribution in [0.5, 0.6) is 11.5 Å². The second-order valence-corrected chi connectivity index (χ2v) is 8.98. The smallest absolute Gasteiger partial charge is 0.165 e. The standard InChI is InChI=1S/C26H29O3P/c1-4-26(5-2,30-24-17-10-9-14-21(24)18-27)22-15-11-16-23(28-3)25(22)29-19-20-12-7-6-8-13-20/h6-18,30H,4-5,19H2,1-3H3. The van der Waals surface area contributed by atoms with E-state index in [1.807, 2.05) is 48.5 Å². The molecule has 3 aromatic carbocycles. The maximum absolute atomic E-state index is 11.6. The molecule has 1 unspecified atom stereocenters. The molecule has 0 spiro atoms. The number of benzene rings is 3. The third-order valence-electron chi connectivity index (χ3n) is 5.61. The van der Waals surface area contributed by atoms with Gasteiger partial charge in [0, 0.05) is 16.3 Å². The summed E-state index contributed by atoms with van der Waals surface area (Å²) in [7, 11) is 2.13. The molecule has 0 heterocycles. The molecule has 0 saturated heterocycles. The molecule has 1 atom stereocenters. The van der Waals surface area contributed by atoms with Crippen LogP contribution in [-0.4, -0.2) is 13.4 Å². The van der Waals surface area contributed by atoms with Gasteiger partial charge in [0.2, 0.25) is 0 Å².